The number of rotatable bonds is 5. The molecular formula is C21H21N3O5. The van der Waals surface area contributed by atoms with Crippen molar-refractivity contribution in [2.24, 2.45) is 0 Å². The second kappa shape index (κ2) is 7.21. The Labute approximate surface area is 167 Å². The number of para-hydroxylation sites is 1. The number of ether oxygens (including phenoxy) is 1. The summed E-state index contributed by atoms with van der Waals surface area (Å²) in [4.78, 5) is 40.9. The first-order valence-electron chi connectivity index (χ1n) is 9.26. The lowest BCUT2D eigenvalue weighted by molar-refractivity contribution is -0.139. The number of carboxylic acids is 1. The zero-order chi connectivity index (χ0) is 20.6. The van der Waals surface area contributed by atoms with E-state index in [4.69, 9.17) is 4.74 Å². The second-order valence-electron chi connectivity index (χ2n) is 7.20. The molecule has 3 amide bonds. The van der Waals surface area contributed by atoms with Crippen molar-refractivity contribution < 1.29 is 24.2 Å². The van der Waals surface area contributed by atoms with Crippen LogP contribution < -0.4 is 15.0 Å². The van der Waals surface area contributed by atoms with Gasteiger partial charge < -0.3 is 20.1 Å². The molecule has 0 bridgehead atoms. The van der Waals surface area contributed by atoms with Crippen LogP contribution in [0.1, 0.15) is 12.0 Å². The standard InChI is InChI=1S/C21H21N3O5/c1-29-16-9-7-14(8-10-16)12-23-20(28)24(15-5-3-2-4-6-15)19(27)21(23)11-17(18(25)26)22-13-21/h2-10,17,22H,11-13H2,1H3,(H,25,26)/t17-,21-/m0/s1. The molecule has 0 unspecified atom stereocenters. The van der Waals surface area contributed by atoms with Gasteiger partial charge in [0.2, 0.25) is 0 Å². The fourth-order valence-electron chi connectivity index (χ4n) is 3.97. The molecule has 0 aromatic heterocycles. The Kier molecular flexibility index (Phi) is 4.71. The summed E-state index contributed by atoms with van der Waals surface area (Å²) < 4.78 is 5.17. The summed E-state index contributed by atoms with van der Waals surface area (Å²) >= 11 is 0. The monoisotopic (exact) mass is 395 g/mol. The highest BCUT2D eigenvalue weighted by Gasteiger charge is 2.61. The summed E-state index contributed by atoms with van der Waals surface area (Å²) in [6, 6.07) is 14.6. The maximum atomic E-state index is 13.4. The first-order valence-corrected chi connectivity index (χ1v) is 9.26. The van der Waals surface area contributed by atoms with Gasteiger partial charge in [-0.25, -0.2) is 9.69 Å². The number of benzene rings is 2. The van der Waals surface area contributed by atoms with Crippen LogP contribution in [0, 0.1) is 0 Å². The number of aliphatic carboxylic acids is 1. The summed E-state index contributed by atoms with van der Waals surface area (Å²) in [5.74, 6) is -0.755. The Balaban J connectivity index is 1.72. The lowest BCUT2D eigenvalue weighted by atomic mass is 9.93. The van der Waals surface area contributed by atoms with Crippen LogP contribution in [0.15, 0.2) is 54.6 Å². The van der Waals surface area contributed by atoms with Crippen LogP contribution in [0.5, 0.6) is 5.75 Å². The molecule has 4 rings (SSSR count). The third-order valence-electron chi connectivity index (χ3n) is 5.54. The molecule has 2 aromatic rings. The van der Waals surface area contributed by atoms with E-state index in [-0.39, 0.29) is 19.5 Å². The van der Waals surface area contributed by atoms with E-state index in [9.17, 15) is 19.5 Å². The fraction of sp³-hybridized carbons (Fsp3) is 0.286. The second-order valence-corrected chi connectivity index (χ2v) is 7.20. The minimum Gasteiger partial charge on any atom is -0.497 e. The van der Waals surface area contributed by atoms with Gasteiger partial charge in [0.15, 0.2) is 0 Å². The molecule has 0 saturated carbocycles. The molecule has 2 fully saturated rings. The van der Waals surface area contributed by atoms with Gasteiger partial charge in [0.1, 0.15) is 17.3 Å². The molecule has 150 valence electrons. The van der Waals surface area contributed by atoms with Crippen molar-refractivity contribution in [2.45, 2.75) is 24.5 Å². The normalized spacial score (nSPS) is 23.8. The van der Waals surface area contributed by atoms with E-state index in [2.05, 4.69) is 5.32 Å². The van der Waals surface area contributed by atoms with Gasteiger partial charge in [-0.05, 0) is 29.8 Å². The van der Waals surface area contributed by atoms with Crippen molar-refractivity contribution in [1.29, 1.82) is 0 Å². The van der Waals surface area contributed by atoms with Crippen LogP contribution in [-0.2, 0) is 16.1 Å². The summed E-state index contributed by atoms with van der Waals surface area (Å²) in [6.07, 6.45) is 0.0202. The molecule has 0 aliphatic carbocycles. The number of carbonyl (C=O) groups excluding carboxylic acids is 2. The molecule has 2 aliphatic heterocycles. The number of urea groups is 1. The summed E-state index contributed by atoms with van der Waals surface area (Å²) in [5, 5.41) is 12.3. The van der Waals surface area contributed by atoms with Gasteiger partial charge in [-0.2, -0.15) is 0 Å². The number of carboxylic acid groups (broad SMARTS) is 1. The van der Waals surface area contributed by atoms with Crippen LogP contribution in [0.25, 0.3) is 0 Å². The number of methoxy groups -OCH3 is 1. The zero-order valence-electron chi connectivity index (χ0n) is 15.9. The number of nitrogens with one attached hydrogen (secondary N) is 1. The molecule has 2 saturated heterocycles. The Morgan fingerprint density at radius 3 is 2.45 bits per heavy atom. The van der Waals surface area contributed by atoms with E-state index in [1.54, 1.807) is 49.6 Å². The van der Waals surface area contributed by atoms with E-state index in [1.165, 1.54) is 4.90 Å². The largest absolute Gasteiger partial charge is 0.497 e. The highest BCUT2D eigenvalue weighted by atomic mass is 16.5. The number of imide groups is 1. The molecule has 2 heterocycles. The maximum Gasteiger partial charge on any atom is 0.332 e. The van der Waals surface area contributed by atoms with Crippen molar-refractivity contribution in [1.82, 2.24) is 10.2 Å². The fourth-order valence-corrected chi connectivity index (χ4v) is 3.97. The average Bonchev–Trinajstić information content (AvgIpc) is 3.27. The molecule has 1 spiro atoms. The molecule has 2 aromatic carbocycles. The van der Waals surface area contributed by atoms with Crippen molar-refractivity contribution >= 4 is 23.6 Å². The minimum absolute atomic E-state index is 0.0202. The molecule has 2 atom stereocenters. The molecule has 8 nitrogen and oxygen atoms in total. The third-order valence-corrected chi connectivity index (χ3v) is 5.54. The number of carbonyl (C=O) groups is 3. The highest BCUT2D eigenvalue weighted by Crippen LogP contribution is 2.39. The molecule has 8 heteroatoms. The predicted octanol–water partition coefficient (Wildman–Crippen LogP) is 1.85. The van der Waals surface area contributed by atoms with E-state index in [0.29, 0.717) is 11.4 Å². The smallest absolute Gasteiger partial charge is 0.332 e. The molecule has 2 aliphatic rings. The number of amides is 3. The Hall–Kier alpha value is -3.39. The van der Waals surface area contributed by atoms with Crippen molar-refractivity contribution in [3.8, 4) is 5.75 Å². The quantitative estimate of drug-likeness (QED) is 0.750. The van der Waals surface area contributed by atoms with Crippen molar-refractivity contribution in [2.75, 3.05) is 18.6 Å². The molecule has 29 heavy (non-hydrogen) atoms. The summed E-state index contributed by atoms with van der Waals surface area (Å²) in [7, 11) is 1.57. The average molecular weight is 395 g/mol. The Morgan fingerprint density at radius 2 is 1.86 bits per heavy atom. The number of hydrogen-bond acceptors (Lipinski definition) is 5. The molecule has 2 N–H and O–H groups in total. The van der Waals surface area contributed by atoms with Gasteiger partial charge in [0.05, 0.1) is 12.8 Å². The first kappa shape index (κ1) is 18.9. The zero-order valence-corrected chi connectivity index (χ0v) is 15.9. The lowest BCUT2D eigenvalue weighted by Crippen LogP contribution is -2.51. The highest BCUT2D eigenvalue weighted by molar-refractivity contribution is 6.23. The van der Waals surface area contributed by atoms with E-state index < -0.39 is 29.5 Å². The molecule has 0 radical (unpaired) electrons. The van der Waals surface area contributed by atoms with Gasteiger partial charge >= 0.3 is 12.0 Å². The summed E-state index contributed by atoms with van der Waals surface area (Å²) in [6.45, 7) is 0.278. The van der Waals surface area contributed by atoms with Gasteiger partial charge in [-0.3, -0.25) is 9.59 Å². The van der Waals surface area contributed by atoms with E-state index >= 15 is 0 Å². The maximum absolute atomic E-state index is 13.4. The van der Waals surface area contributed by atoms with Crippen LogP contribution in [0.2, 0.25) is 0 Å². The summed E-state index contributed by atoms with van der Waals surface area (Å²) in [5.41, 5.74) is 0.0495. The van der Waals surface area contributed by atoms with E-state index in [0.717, 1.165) is 10.5 Å². The van der Waals surface area contributed by atoms with Crippen LogP contribution in [0.4, 0.5) is 10.5 Å². The van der Waals surface area contributed by atoms with Crippen molar-refractivity contribution in [3.63, 3.8) is 0 Å². The van der Waals surface area contributed by atoms with Gasteiger partial charge in [-0.15, -0.1) is 0 Å². The number of anilines is 1. The van der Waals surface area contributed by atoms with Gasteiger partial charge in [-0.1, -0.05) is 30.3 Å². The van der Waals surface area contributed by atoms with Gasteiger partial charge in [0.25, 0.3) is 5.91 Å². The van der Waals surface area contributed by atoms with Crippen LogP contribution >= 0.6 is 0 Å². The van der Waals surface area contributed by atoms with Crippen LogP contribution in [-0.4, -0.2) is 53.1 Å². The van der Waals surface area contributed by atoms with Gasteiger partial charge in [0, 0.05) is 19.5 Å². The SMILES string of the molecule is COc1ccc(CN2C(=O)N(c3ccccc3)C(=O)[C@]23CN[C@H](C(=O)O)C3)cc1. The third kappa shape index (κ3) is 3.11. The number of hydrogen-bond donors (Lipinski definition) is 2. The lowest BCUT2D eigenvalue weighted by Gasteiger charge is -2.30. The number of nitrogens with zero attached hydrogens (tertiary/aromatic N) is 2. The van der Waals surface area contributed by atoms with E-state index in [1.807, 2.05) is 12.1 Å². The topological polar surface area (TPSA) is 99.2 Å². The first-order chi connectivity index (χ1) is 14.0. The van der Waals surface area contributed by atoms with Crippen LogP contribution in [0.3, 0.4) is 0 Å². The Bertz CT molecular complexity index is 947. The minimum atomic E-state index is -1.24. The van der Waals surface area contributed by atoms with Crippen molar-refractivity contribution in [3.05, 3.63) is 60.2 Å². The Morgan fingerprint density at radius 1 is 1.17 bits per heavy atom. The predicted molar refractivity (Wildman–Crippen MR) is 105 cm³/mol. The molecular weight excluding hydrogens is 374 g/mol.